The number of nitrogens with one attached hydrogen (secondary N) is 1. The fourth-order valence-corrected chi connectivity index (χ4v) is 2.68. The molecule has 0 bridgehead atoms. The number of aromatic nitrogens is 1. The van der Waals surface area contributed by atoms with Crippen LogP contribution in [0.2, 0.25) is 0 Å². The summed E-state index contributed by atoms with van der Waals surface area (Å²) in [5.74, 6) is 0.273. The van der Waals surface area contributed by atoms with Gasteiger partial charge in [-0.05, 0) is 25.1 Å². The van der Waals surface area contributed by atoms with Gasteiger partial charge in [-0.1, -0.05) is 24.3 Å². The minimum absolute atomic E-state index is 0.0734. The van der Waals surface area contributed by atoms with E-state index in [9.17, 15) is 14.9 Å². The summed E-state index contributed by atoms with van der Waals surface area (Å²) in [6, 6.07) is 13.9. The smallest absolute Gasteiger partial charge is 0.273 e. The molecule has 0 unspecified atom stereocenters. The van der Waals surface area contributed by atoms with Gasteiger partial charge in [0.15, 0.2) is 0 Å². The molecule has 1 heterocycles. The molecule has 0 saturated carbocycles. The average molecular weight is 351 g/mol. The number of rotatable bonds is 6. The topological polar surface area (TPSA) is 94.4 Å². The summed E-state index contributed by atoms with van der Waals surface area (Å²) in [4.78, 5) is 27.0. The van der Waals surface area contributed by atoms with Crippen LogP contribution >= 0.6 is 0 Å². The second-order valence-electron chi connectivity index (χ2n) is 5.64. The molecule has 0 aliphatic heterocycles. The summed E-state index contributed by atoms with van der Waals surface area (Å²) in [5.41, 5.74) is 1.31. The van der Waals surface area contributed by atoms with Gasteiger partial charge in [-0.2, -0.15) is 0 Å². The number of carbonyl (C=O) groups is 1. The van der Waals surface area contributed by atoms with Crippen LogP contribution in [0.1, 0.15) is 15.9 Å². The highest BCUT2D eigenvalue weighted by atomic mass is 16.6. The van der Waals surface area contributed by atoms with E-state index in [2.05, 4.69) is 10.3 Å². The van der Waals surface area contributed by atoms with E-state index in [4.69, 9.17) is 4.74 Å². The Labute approximate surface area is 149 Å². The first kappa shape index (κ1) is 17.3. The second kappa shape index (κ2) is 7.60. The third kappa shape index (κ3) is 3.61. The zero-order valence-electron chi connectivity index (χ0n) is 14.1. The minimum atomic E-state index is -0.497. The number of hydrogen-bond donors (Lipinski definition) is 1. The van der Waals surface area contributed by atoms with Crippen LogP contribution in [0.25, 0.3) is 10.9 Å². The number of fused-ring (bicyclic) bond motifs is 1. The molecule has 0 atom stereocenters. The van der Waals surface area contributed by atoms with Crippen molar-refractivity contribution < 1.29 is 14.5 Å². The number of hydrogen-bond acceptors (Lipinski definition) is 5. The molecule has 0 radical (unpaired) electrons. The van der Waals surface area contributed by atoms with Gasteiger partial charge >= 0.3 is 0 Å². The Morgan fingerprint density at radius 2 is 1.96 bits per heavy atom. The fraction of sp³-hybridized carbons (Fsp3) is 0.158. The third-order valence-corrected chi connectivity index (χ3v) is 3.99. The van der Waals surface area contributed by atoms with E-state index in [0.29, 0.717) is 11.3 Å². The number of para-hydroxylation sites is 1. The Bertz CT molecular complexity index is 967. The number of pyridine rings is 1. The predicted molar refractivity (Wildman–Crippen MR) is 97.4 cm³/mol. The first-order valence-electron chi connectivity index (χ1n) is 8.06. The van der Waals surface area contributed by atoms with Crippen molar-refractivity contribution in [3.8, 4) is 5.75 Å². The molecule has 0 aliphatic carbocycles. The molecule has 1 amide bonds. The highest BCUT2D eigenvalue weighted by Crippen LogP contribution is 2.23. The SMILES string of the molecule is Cc1c(C(=O)NCCOc2cccc3cccnc23)cccc1[N+](=O)[O-]. The maximum Gasteiger partial charge on any atom is 0.273 e. The van der Waals surface area contributed by atoms with E-state index in [0.717, 1.165) is 10.9 Å². The van der Waals surface area contributed by atoms with Gasteiger partial charge in [0.1, 0.15) is 17.9 Å². The van der Waals surface area contributed by atoms with Crippen LogP contribution in [0.4, 0.5) is 5.69 Å². The Morgan fingerprint density at radius 3 is 2.77 bits per heavy atom. The first-order valence-corrected chi connectivity index (χ1v) is 8.06. The molecule has 2 aromatic carbocycles. The van der Waals surface area contributed by atoms with Gasteiger partial charge in [-0.3, -0.25) is 19.9 Å². The lowest BCUT2D eigenvalue weighted by Crippen LogP contribution is -2.28. The summed E-state index contributed by atoms with van der Waals surface area (Å²) < 4.78 is 5.71. The number of nitrogens with zero attached hydrogens (tertiary/aromatic N) is 2. The molecule has 1 aromatic heterocycles. The zero-order chi connectivity index (χ0) is 18.5. The van der Waals surface area contributed by atoms with Gasteiger partial charge in [-0.25, -0.2) is 0 Å². The maximum atomic E-state index is 12.3. The molecule has 1 N–H and O–H groups in total. The van der Waals surface area contributed by atoms with Crippen LogP contribution in [-0.2, 0) is 0 Å². The normalized spacial score (nSPS) is 10.5. The van der Waals surface area contributed by atoms with Gasteiger partial charge in [0.25, 0.3) is 11.6 Å². The van der Waals surface area contributed by atoms with E-state index >= 15 is 0 Å². The molecular formula is C19H17N3O4. The molecule has 7 nitrogen and oxygen atoms in total. The van der Waals surface area contributed by atoms with Gasteiger partial charge in [0, 0.05) is 28.8 Å². The van der Waals surface area contributed by atoms with Crippen LogP contribution in [0, 0.1) is 17.0 Å². The lowest BCUT2D eigenvalue weighted by Gasteiger charge is -2.10. The van der Waals surface area contributed by atoms with Crippen molar-refractivity contribution in [2.45, 2.75) is 6.92 Å². The Morgan fingerprint density at radius 1 is 1.19 bits per heavy atom. The summed E-state index contributed by atoms with van der Waals surface area (Å²) in [6.07, 6.45) is 1.70. The van der Waals surface area contributed by atoms with Crippen molar-refractivity contribution in [1.29, 1.82) is 0 Å². The number of carbonyl (C=O) groups excluding carboxylic acids is 1. The molecule has 0 saturated heterocycles. The van der Waals surface area contributed by atoms with E-state index in [-0.39, 0.29) is 30.3 Å². The van der Waals surface area contributed by atoms with Gasteiger partial charge < -0.3 is 10.1 Å². The van der Waals surface area contributed by atoms with Crippen LogP contribution in [0.3, 0.4) is 0 Å². The largest absolute Gasteiger partial charge is 0.489 e. The second-order valence-corrected chi connectivity index (χ2v) is 5.64. The van der Waals surface area contributed by atoms with Gasteiger partial charge in [0.05, 0.1) is 11.5 Å². The van der Waals surface area contributed by atoms with Crippen LogP contribution < -0.4 is 10.1 Å². The van der Waals surface area contributed by atoms with E-state index < -0.39 is 4.92 Å². The molecule has 7 heteroatoms. The fourth-order valence-electron chi connectivity index (χ4n) is 2.68. The summed E-state index contributed by atoms with van der Waals surface area (Å²) in [5, 5.41) is 14.7. The zero-order valence-corrected chi connectivity index (χ0v) is 14.1. The average Bonchev–Trinajstić information content (AvgIpc) is 2.65. The number of benzene rings is 2. The number of nitro benzene ring substituents is 1. The van der Waals surface area contributed by atoms with E-state index in [1.807, 2.05) is 30.3 Å². The van der Waals surface area contributed by atoms with Crippen molar-refractivity contribution in [1.82, 2.24) is 10.3 Å². The maximum absolute atomic E-state index is 12.3. The Balaban J connectivity index is 1.61. The molecular weight excluding hydrogens is 334 g/mol. The lowest BCUT2D eigenvalue weighted by atomic mass is 10.1. The standard InChI is InChI=1S/C19H17N3O4/c1-13-15(7-3-8-16(13)22(24)25)19(23)21-11-12-26-17-9-2-5-14-6-4-10-20-18(14)17/h2-10H,11-12H2,1H3,(H,21,23). The van der Waals surface area contributed by atoms with E-state index in [1.54, 1.807) is 19.2 Å². The molecule has 0 aliphatic rings. The van der Waals surface area contributed by atoms with Gasteiger partial charge in [-0.15, -0.1) is 0 Å². The highest BCUT2D eigenvalue weighted by molar-refractivity contribution is 5.96. The van der Waals surface area contributed by atoms with Gasteiger partial charge in [0.2, 0.25) is 0 Å². The van der Waals surface area contributed by atoms with Crippen molar-refractivity contribution >= 4 is 22.5 Å². The first-order chi connectivity index (χ1) is 12.6. The van der Waals surface area contributed by atoms with Crippen molar-refractivity contribution in [2.75, 3.05) is 13.2 Å². The van der Waals surface area contributed by atoms with E-state index in [1.165, 1.54) is 12.1 Å². The van der Waals surface area contributed by atoms with Crippen LogP contribution in [0.5, 0.6) is 5.75 Å². The number of amides is 1. The monoisotopic (exact) mass is 351 g/mol. The molecule has 3 rings (SSSR count). The molecule has 0 spiro atoms. The predicted octanol–water partition coefficient (Wildman–Crippen LogP) is 3.26. The lowest BCUT2D eigenvalue weighted by molar-refractivity contribution is -0.385. The van der Waals surface area contributed by atoms with Crippen LogP contribution in [-0.4, -0.2) is 29.0 Å². The highest BCUT2D eigenvalue weighted by Gasteiger charge is 2.17. The van der Waals surface area contributed by atoms with Crippen LogP contribution in [0.15, 0.2) is 54.7 Å². The van der Waals surface area contributed by atoms with Crippen molar-refractivity contribution in [3.05, 3.63) is 76.0 Å². The molecule has 0 fully saturated rings. The number of nitro groups is 1. The summed E-state index contributed by atoms with van der Waals surface area (Å²) in [7, 11) is 0. The quantitative estimate of drug-likeness (QED) is 0.418. The van der Waals surface area contributed by atoms with Crippen molar-refractivity contribution in [2.24, 2.45) is 0 Å². The summed E-state index contributed by atoms with van der Waals surface area (Å²) in [6.45, 7) is 2.09. The minimum Gasteiger partial charge on any atom is -0.489 e. The number of ether oxygens (including phenoxy) is 1. The van der Waals surface area contributed by atoms with Crippen molar-refractivity contribution in [3.63, 3.8) is 0 Å². The molecule has 132 valence electrons. The molecule has 3 aromatic rings. The molecule has 26 heavy (non-hydrogen) atoms. The Hall–Kier alpha value is -3.48. The third-order valence-electron chi connectivity index (χ3n) is 3.99. The Kier molecular flexibility index (Phi) is 5.07. The summed E-state index contributed by atoms with van der Waals surface area (Å²) >= 11 is 0.